The molecule has 1 aromatic carbocycles. The van der Waals surface area contributed by atoms with Gasteiger partial charge in [0.2, 0.25) is 0 Å². The summed E-state index contributed by atoms with van der Waals surface area (Å²) in [6.45, 7) is 2.57. The molecular formula is C15H13BrF3N5S. The first-order valence-electron chi connectivity index (χ1n) is 7.28. The van der Waals surface area contributed by atoms with E-state index in [2.05, 4.69) is 36.5 Å². The Hall–Kier alpha value is -1.81. The highest BCUT2D eigenvalue weighted by atomic mass is 79.9. The molecule has 0 saturated heterocycles. The Bertz CT molecular complexity index is 866. The standard InChI is InChI=1S/C15H13BrF3N5S/c1-9(25-11-4-2-10(16)3-5-11)8-20-12-6-7-13-21-22-14(15(17,18)19)24(13)23-12/h2-7,9H,8H2,1H3,(H,20,23). The molecular weight excluding hydrogens is 419 g/mol. The first kappa shape index (κ1) is 18.0. The molecule has 25 heavy (non-hydrogen) atoms. The molecule has 132 valence electrons. The van der Waals surface area contributed by atoms with Crippen molar-refractivity contribution in [1.29, 1.82) is 0 Å². The molecule has 2 heterocycles. The highest BCUT2D eigenvalue weighted by Crippen LogP contribution is 2.28. The number of aromatic nitrogens is 4. The molecule has 0 spiro atoms. The highest BCUT2D eigenvalue weighted by Gasteiger charge is 2.37. The first-order valence-corrected chi connectivity index (χ1v) is 8.96. The summed E-state index contributed by atoms with van der Waals surface area (Å²) in [7, 11) is 0. The quantitative estimate of drug-likeness (QED) is 0.602. The van der Waals surface area contributed by atoms with Gasteiger partial charge in [0.25, 0.3) is 5.82 Å². The van der Waals surface area contributed by atoms with Crippen molar-refractivity contribution in [2.24, 2.45) is 0 Å². The van der Waals surface area contributed by atoms with Gasteiger partial charge in [0, 0.05) is 21.2 Å². The Kier molecular flexibility index (Phi) is 5.19. The minimum atomic E-state index is -4.60. The van der Waals surface area contributed by atoms with Crippen LogP contribution >= 0.6 is 27.7 Å². The zero-order chi connectivity index (χ0) is 18.0. The summed E-state index contributed by atoms with van der Waals surface area (Å²) in [6, 6.07) is 11.0. The summed E-state index contributed by atoms with van der Waals surface area (Å²) in [4.78, 5) is 1.11. The van der Waals surface area contributed by atoms with Crippen LogP contribution in [0.1, 0.15) is 12.7 Å². The smallest absolute Gasteiger partial charge is 0.368 e. The first-order chi connectivity index (χ1) is 11.8. The number of rotatable bonds is 5. The lowest BCUT2D eigenvalue weighted by molar-refractivity contribution is -0.146. The van der Waals surface area contributed by atoms with E-state index in [4.69, 9.17) is 0 Å². The van der Waals surface area contributed by atoms with Gasteiger partial charge in [-0.25, -0.2) is 0 Å². The van der Waals surface area contributed by atoms with Crippen molar-refractivity contribution in [1.82, 2.24) is 19.8 Å². The zero-order valence-corrected chi connectivity index (χ0v) is 15.4. The van der Waals surface area contributed by atoms with Crippen LogP contribution in [0.25, 0.3) is 5.65 Å². The highest BCUT2D eigenvalue weighted by molar-refractivity contribution is 9.10. The fraction of sp³-hybridized carbons (Fsp3) is 0.267. The molecule has 0 fully saturated rings. The molecule has 10 heteroatoms. The molecule has 1 atom stereocenters. The van der Waals surface area contributed by atoms with Crippen molar-refractivity contribution < 1.29 is 13.2 Å². The number of halogens is 4. The van der Waals surface area contributed by atoms with Gasteiger partial charge in [0.15, 0.2) is 5.65 Å². The number of thioether (sulfide) groups is 1. The number of hydrogen-bond acceptors (Lipinski definition) is 5. The number of alkyl halides is 3. The predicted molar refractivity (Wildman–Crippen MR) is 93.7 cm³/mol. The second-order valence-corrected chi connectivity index (χ2v) is 7.70. The van der Waals surface area contributed by atoms with Crippen LogP contribution in [-0.2, 0) is 6.18 Å². The Morgan fingerprint density at radius 1 is 1.16 bits per heavy atom. The third-order valence-electron chi connectivity index (χ3n) is 3.24. The van der Waals surface area contributed by atoms with Gasteiger partial charge in [-0.15, -0.1) is 27.1 Å². The van der Waals surface area contributed by atoms with Gasteiger partial charge < -0.3 is 5.32 Å². The maximum Gasteiger partial charge on any atom is 0.453 e. The molecule has 0 saturated carbocycles. The summed E-state index contributed by atoms with van der Waals surface area (Å²) < 4.78 is 40.3. The Morgan fingerprint density at radius 3 is 2.56 bits per heavy atom. The number of nitrogens with one attached hydrogen (secondary N) is 1. The van der Waals surface area contributed by atoms with Crippen molar-refractivity contribution in [2.75, 3.05) is 11.9 Å². The molecule has 0 aliphatic carbocycles. The molecule has 3 aromatic rings. The van der Waals surface area contributed by atoms with E-state index >= 15 is 0 Å². The Morgan fingerprint density at radius 2 is 1.88 bits per heavy atom. The lowest BCUT2D eigenvalue weighted by Crippen LogP contribution is -2.16. The van der Waals surface area contributed by atoms with Gasteiger partial charge in [0.1, 0.15) is 5.82 Å². The fourth-order valence-electron chi connectivity index (χ4n) is 2.10. The minimum absolute atomic E-state index is 0.0511. The summed E-state index contributed by atoms with van der Waals surface area (Å²) in [5.41, 5.74) is 0.0511. The van der Waals surface area contributed by atoms with E-state index in [-0.39, 0.29) is 10.9 Å². The number of benzene rings is 1. The average Bonchev–Trinajstić information content (AvgIpc) is 2.98. The van der Waals surface area contributed by atoms with E-state index in [0.717, 1.165) is 9.37 Å². The lowest BCUT2D eigenvalue weighted by atomic mass is 10.4. The Labute approximate surface area is 154 Å². The summed E-state index contributed by atoms with van der Waals surface area (Å²) in [6.07, 6.45) is -4.60. The maximum atomic E-state index is 12.9. The monoisotopic (exact) mass is 431 g/mol. The molecule has 0 bridgehead atoms. The molecule has 3 rings (SSSR count). The normalized spacial score (nSPS) is 13.2. The van der Waals surface area contributed by atoms with Crippen LogP contribution in [0.3, 0.4) is 0 Å². The fourth-order valence-corrected chi connectivity index (χ4v) is 3.28. The van der Waals surface area contributed by atoms with Crippen LogP contribution in [0.2, 0.25) is 0 Å². The van der Waals surface area contributed by atoms with Crippen LogP contribution in [0, 0.1) is 0 Å². The summed E-state index contributed by atoms with van der Waals surface area (Å²) in [5.74, 6) is -0.801. The maximum absolute atomic E-state index is 12.9. The van der Waals surface area contributed by atoms with Crippen molar-refractivity contribution in [3.63, 3.8) is 0 Å². The SMILES string of the molecule is CC(CNc1ccc2nnc(C(F)(F)F)n2n1)Sc1ccc(Br)cc1. The van der Waals surface area contributed by atoms with Crippen LogP contribution in [0.4, 0.5) is 19.0 Å². The second kappa shape index (κ2) is 7.20. The molecule has 5 nitrogen and oxygen atoms in total. The van der Waals surface area contributed by atoms with Crippen molar-refractivity contribution in [2.45, 2.75) is 23.2 Å². The second-order valence-electron chi connectivity index (χ2n) is 5.27. The van der Waals surface area contributed by atoms with Crippen molar-refractivity contribution in [3.05, 3.63) is 46.7 Å². The van der Waals surface area contributed by atoms with Gasteiger partial charge in [-0.2, -0.15) is 17.7 Å². The van der Waals surface area contributed by atoms with Crippen molar-refractivity contribution in [3.8, 4) is 0 Å². The van der Waals surface area contributed by atoms with E-state index in [1.165, 1.54) is 6.07 Å². The molecule has 0 radical (unpaired) electrons. The van der Waals surface area contributed by atoms with Crippen LogP contribution < -0.4 is 5.32 Å². The number of fused-ring (bicyclic) bond motifs is 1. The largest absolute Gasteiger partial charge is 0.453 e. The molecule has 2 aromatic heterocycles. The van der Waals surface area contributed by atoms with Crippen LogP contribution in [-0.4, -0.2) is 31.6 Å². The lowest BCUT2D eigenvalue weighted by Gasteiger charge is -2.13. The van der Waals surface area contributed by atoms with E-state index < -0.39 is 12.0 Å². The van der Waals surface area contributed by atoms with Crippen LogP contribution in [0.5, 0.6) is 0 Å². The number of nitrogens with zero attached hydrogens (tertiary/aromatic N) is 4. The summed E-state index contributed by atoms with van der Waals surface area (Å²) in [5, 5.41) is 13.8. The van der Waals surface area contributed by atoms with E-state index in [1.807, 2.05) is 31.2 Å². The Balaban J connectivity index is 1.67. The van der Waals surface area contributed by atoms with Crippen molar-refractivity contribution >= 4 is 39.2 Å². The molecule has 0 aliphatic heterocycles. The average molecular weight is 432 g/mol. The van der Waals surface area contributed by atoms with Gasteiger partial charge in [-0.3, -0.25) is 0 Å². The number of hydrogen-bond donors (Lipinski definition) is 1. The summed E-state index contributed by atoms with van der Waals surface area (Å²) >= 11 is 5.05. The number of anilines is 1. The molecule has 0 amide bonds. The van der Waals surface area contributed by atoms with E-state index in [9.17, 15) is 13.2 Å². The van der Waals surface area contributed by atoms with Gasteiger partial charge in [-0.1, -0.05) is 22.9 Å². The topological polar surface area (TPSA) is 55.1 Å². The third-order valence-corrected chi connectivity index (χ3v) is 4.88. The van der Waals surface area contributed by atoms with Gasteiger partial charge in [-0.05, 0) is 36.4 Å². The zero-order valence-electron chi connectivity index (χ0n) is 13.0. The molecule has 1 unspecified atom stereocenters. The molecule has 0 aliphatic rings. The van der Waals surface area contributed by atoms with Gasteiger partial charge >= 0.3 is 6.18 Å². The predicted octanol–water partition coefficient (Wildman–Crippen LogP) is 4.50. The van der Waals surface area contributed by atoms with Gasteiger partial charge in [0.05, 0.1) is 0 Å². The van der Waals surface area contributed by atoms with E-state index in [0.29, 0.717) is 16.9 Å². The molecule has 1 N–H and O–H groups in total. The minimum Gasteiger partial charge on any atom is -0.368 e. The third kappa shape index (κ3) is 4.43. The van der Waals surface area contributed by atoms with Crippen LogP contribution in [0.15, 0.2) is 45.8 Å². The van der Waals surface area contributed by atoms with E-state index in [1.54, 1.807) is 17.8 Å².